The number of nitrogens with zero attached hydrogens (tertiary/aromatic N) is 1. The van der Waals surface area contributed by atoms with Gasteiger partial charge in [0.05, 0.1) is 25.3 Å². The van der Waals surface area contributed by atoms with Gasteiger partial charge in [-0.05, 0) is 18.8 Å². The van der Waals surface area contributed by atoms with Crippen LogP contribution in [0.15, 0.2) is 0 Å². The number of urea groups is 1. The Labute approximate surface area is 166 Å². The van der Waals surface area contributed by atoms with E-state index in [4.69, 9.17) is 4.74 Å². The molecule has 0 bridgehead atoms. The Morgan fingerprint density at radius 2 is 2.07 bits per heavy atom. The first kappa shape index (κ1) is 20.7. The fourth-order valence-corrected chi connectivity index (χ4v) is 5.82. The summed E-state index contributed by atoms with van der Waals surface area (Å²) in [4.78, 5) is 26.1. The largest absolute Gasteiger partial charge is 0.379 e. The van der Waals surface area contributed by atoms with E-state index in [0.717, 1.165) is 57.9 Å². The van der Waals surface area contributed by atoms with Gasteiger partial charge in [0.15, 0.2) is 0 Å². The van der Waals surface area contributed by atoms with E-state index in [-0.39, 0.29) is 24.0 Å². The zero-order valence-corrected chi connectivity index (χ0v) is 17.4. The molecule has 0 saturated carbocycles. The van der Waals surface area contributed by atoms with Crippen LogP contribution in [0.4, 0.5) is 4.79 Å². The van der Waals surface area contributed by atoms with Gasteiger partial charge < -0.3 is 20.7 Å². The van der Waals surface area contributed by atoms with E-state index in [2.05, 4.69) is 34.7 Å². The molecule has 4 atom stereocenters. The molecule has 0 aromatic rings. The van der Waals surface area contributed by atoms with Gasteiger partial charge in [0.25, 0.3) is 0 Å². The smallest absolute Gasteiger partial charge is 0.315 e. The summed E-state index contributed by atoms with van der Waals surface area (Å²) in [6.07, 6.45) is 3.58. The number of thioether (sulfide) groups is 1. The number of amides is 3. The second kappa shape index (κ2) is 9.98. The predicted octanol–water partition coefficient (Wildman–Crippen LogP) is 1.19. The van der Waals surface area contributed by atoms with E-state index in [0.29, 0.717) is 23.6 Å². The molecule has 3 N–H and O–H groups in total. The Hall–Kier alpha value is -0.990. The van der Waals surface area contributed by atoms with Crippen molar-refractivity contribution >= 4 is 23.7 Å². The molecule has 0 radical (unpaired) electrons. The number of hydrogen-bond donors (Lipinski definition) is 3. The Morgan fingerprint density at radius 3 is 2.81 bits per heavy atom. The van der Waals surface area contributed by atoms with Crippen molar-refractivity contribution in [3.8, 4) is 0 Å². The molecule has 3 aliphatic rings. The molecule has 0 spiro atoms. The normalized spacial score (nSPS) is 29.3. The highest BCUT2D eigenvalue weighted by Gasteiger charge is 2.42. The fourth-order valence-electron chi connectivity index (χ4n) is 4.28. The first-order valence-electron chi connectivity index (χ1n) is 10.3. The van der Waals surface area contributed by atoms with Crippen LogP contribution in [0.25, 0.3) is 0 Å². The van der Waals surface area contributed by atoms with Crippen molar-refractivity contribution in [2.45, 2.75) is 62.9 Å². The second-order valence-corrected chi connectivity index (χ2v) is 9.40. The van der Waals surface area contributed by atoms with Crippen molar-refractivity contribution in [3.63, 3.8) is 0 Å². The highest BCUT2D eigenvalue weighted by molar-refractivity contribution is 8.00. The van der Waals surface area contributed by atoms with Crippen molar-refractivity contribution < 1.29 is 14.3 Å². The molecule has 7 nitrogen and oxygen atoms in total. The molecular weight excluding hydrogens is 364 g/mol. The number of ether oxygens (including phenoxy) is 1. The molecule has 3 fully saturated rings. The van der Waals surface area contributed by atoms with Gasteiger partial charge in [-0.15, -0.1) is 0 Å². The van der Waals surface area contributed by atoms with Crippen LogP contribution in [0.1, 0.15) is 39.5 Å². The summed E-state index contributed by atoms with van der Waals surface area (Å²) < 4.78 is 5.44. The van der Waals surface area contributed by atoms with Crippen LogP contribution in [0.5, 0.6) is 0 Å². The lowest BCUT2D eigenvalue weighted by Gasteiger charge is -2.36. The van der Waals surface area contributed by atoms with Crippen LogP contribution in [0.3, 0.4) is 0 Å². The Morgan fingerprint density at radius 1 is 1.30 bits per heavy atom. The number of fused-ring (bicyclic) bond motifs is 1. The van der Waals surface area contributed by atoms with Gasteiger partial charge in [0, 0.05) is 43.1 Å². The van der Waals surface area contributed by atoms with Gasteiger partial charge in [-0.2, -0.15) is 11.8 Å². The Bertz CT molecular complexity index is 513. The minimum Gasteiger partial charge on any atom is -0.379 e. The fraction of sp³-hybridized carbons (Fsp3) is 0.895. The van der Waals surface area contributed by atoms with Gasteiger partial charge in [-0.25, -0.2) is 4.79 Å². The molecule has 3 saturated heterocycles. The molecule has 0 aromatic heterocycles. The molecule has 27 heavy (non-hydrogen) atoms. The number of morpholine rings is 1. The van der Waals surface area contributed by atoms with Crippen LogP contribution in [-0.4, -0.2) is 78.8 Å². The van der Waals surface area contributed by atoms with Gasteiger partial charge in [0.2, 0.25) is 5.91 Å². The molecule has 3 aliphatic heterocycles. The average molecular weight is 399 g/mol. The van der Waals surface area contributed by atoms with Crippen LogP contribution in [0.2, 0.25) is 0 Å². The number of carbonyl (C=O) groups excluding carboxylic acids is 2. The van der Waals surface area contributed by atoms with Crippen molar-refractivity contribution in [1.29, 1.82) is 0 Å². The Kier molecular flexibility index (Phi) is 7.66. The zero-order valence-electron chi connectivity index (χ0n) is 16.5. The molecular formula is C19H34N4O3S. The maximum Gasteiger partial charge on any atom is 0.315 e. The Balaban J connectivity index is 1.30. The summed E-state index contributed by atoms with van der Waals surface area (Å²) in [6, 6.07) is 0.887. The molecule has 8 heteroatoms. The minimum absolute atomic E-state index is 0.0327. The van der Waals surface area contributed by atoms with Crippen molar-refractivity contribution in [3.05, 3.63) is 0 Å². The van der Waals surface area contributed by atoms with E-state index in [1.54, 1.807) is 0 Å². The van der Waals surface area contributed by atoms with Gasteiger partial charge in [-0.1, -0.05) is 20.3 Å². The van der Waals surface area contributed by atoms with Gasteiger partial charge in [0.1, 0.15) is 0 Å². The molecule has 154 valence electrons. The average Bonchev–Trinajstić information content (AvgIpc) is 3.19. The molecule has 3 amide bonds. The zero-order chi connectivity index (χ0) is 19.2. The van der Waals surface area contributed by atoms with E-state index >= 15 is 0 Å². The first-order chi connectivity index (χ1) is 13.0. The van der Waals surface area contributed by atoms with Gasteiger partial charge >= 0.3 is 6.03 Å². The number of unbranched alkanes of at least 4 members (excludes halogenated alkanes) is 1. The lowest BCUT2D eigenvalue weighted by molar-refractivity contribution is -0.121. The summed E-state index contributed by atoms with van der Waals surface area (Å²) in [7, 11) is 0. The standard InChI is InChI=1S/C19H34N4O3S/c1-13(2)15(23-7-9-26-10-8-23)11-20-17(24)6-4-3-5-16-18-14(12-27-16)21-19(25)22-18/h13-16,18H,3-12H2,1-2H3,(H,20,24)(H2,21,22,25)/t14-,15+,16-,18-/m0/s1. The molecule has 0 unspecified atom stereocenters. The van der Waals surface area contributed by atoms with E-state index < -0.39 is 0 Å². The quantitative estimate of drug-likeness (QED) is 0.401. The summed E-state index contributed by atoms with van der Waals surface area (Å²) >= 11 is 1.93. The van der Waals surface area contributed by atoms with E-state index in [1.807, 2.05) is 11.8 Å². The summed E-state index contributed by atoms with van der Waals surface area (Å²) in [6.45, 7) is 8.63. The van der Waals surface area contributed by atoms with Crippen molar-refractivity contribution in [2.24, 2.45) is 5.92 Å². The molecule has 0 aromatic carbocycles. The van der Waals surface area contributed by atoms with Crippen LogP contribution in [0, 0.1) is 5.92 Å². The maximum absolute atomic E-state index is 12.2. The van der Waals surface area contributed by atoms with Gasteiger partial charge in [-0.3, -0.25) is 9.69 Å². The highest BCUT2D eigenvalue weighted by atomic mass is 32.2. The van der Waals surface area contributed by atoms with Crippen molar-refractivity contribution in [1.82, 2.24) is 20.9 Å². The molecule has 3 heterocycles. The third-order valence-electron chi connectivity index (χ3n) is 5.87. The molecule has 3 rings (SSSR count). The SMILES string of the molecule is CC(C)[C@@H](CNC(=O)CCCC[C@@H]1SC[C@@H]2NC(=O)N[C@@H]21)N1CCOCC1. The number of hydrogen-bond acceptors (Lipinski definition) is 5. The molecule has 0 aliphatic carbocycles. The van der Waals surface area contributed by atoms with Crippen LogP contribution >= 0.6 is 11.8 Å². The summed E-state index contributed by atoms with van der Waals surface area (Å²) in [5, 5.41) is 9.61. The predicted molar refractivity (Wildman–Crippen MR) is 108 cm³/mol. The van der Waals surface area contributed by atoms with Crippen molar-refractivity contribution in [2.75, 3.05) is 38.6 Å². The lowest BCUT2D eigenvalue weighted by Crippen LogP contribution is -2.51. The van der Waals surface area contributed by atoms with Crippen LogP contribution < -0.4 is 16.0 Å². The summed E-state index contributed by atoms with van der Waals surface area (Å²) in [5.74, 6) is 1.65. The third kappa shape index (κ3) is 5.74. The lowest BCUT2D eigenvalue weighted by atomic mass is 10.0. The third-order valence-corrected chi connectivity index (χ3v) is 7.38. The highest BCUT2D eigenvalue weighted by Crippen LogP contribution is 2.33. The number of rotatable bonds is 9. The first-order valence-corrected chi connectivity index (χ1v) is 11.4. The van der Waals surface area contributed by atoms with E-state index in [9.17, 15) is 9.59 Å². The topological polar surface area (TPSA) is 82.7 Å². The number of nitrogens with one attached hydrogen (secondary N) is 3. The summed E-state index contributed by atoms with van der Waals surface area (Å²) in [5.41, 5.74) is 0. The second-order valence-electron chi connectivity index (χ2n) is 8.13. The van der Waals surface area contributed by atoms with Crippen LogP contribution in [-0.2, 0) is 9.53 Å². The maximum atomic E-state index is 12.2. The monoisotopic (exact) mass is 398 g/mol. The number of carbonyl (C=O) groups is 2. The minimum atomic E-state index is -0.0327. The van der Waals surface area contributed by atoms with E-state index in [1.165, 1.54) is 0 Å².